The highest BCUT2D eigenvalue weighted by atomic mass is 32.2. The topological polar surface area (TPSA) is 119 Å². The third-order valence-corrected chi connectivity index (χ3v) is 6.51. The molecule has 0 aliphatic carbocycles. The van der Waals surface area contributed by atoms with Crippen LogP contribution < -0.4 is 4.72 Å². The Morgan fingerprint density at radius 1 is 1.17 bits per heavy atom. The maximum atomic E-state index is 12.8. The Morgan fingerprint density at radius 2 is 1.93 bits per heavy atom. The van der Waals surface area contributed by atoms with E-state index in [9.17, 15) is 13.2 Å². The predicted octanol–water partition coefficient (Wildman–Crippen LogP) is 2.66. The lowest BCUT2D eigenvalue weighted by Crippen LogP contribution is -2.27. The van der Waals surface area contributed by atoms with Crippen molar-refractivity contribution in [2.75, 3.05) is 13.1 Å². The van der Waals surface area contributed by atoms with Crippen molar-refractivity contribution in [1.29, 1.82) is 0 Å². The summed E-state index contributed by atoms with van der Waals surface area (Å²) in [4.78, 5) is 18.4. The quantitative estimate of drug-likeness (QED) is 0.638. The van der Waals surface area contributed by atoms with Crippen molar-refractivity contribution >= 4 is 15.9 Å². The number of carbonyl (C=O) groups is 1. The maximum absolute atomic E-state index is 12.8. The van der Waals surface area contributed by atoms with Crippen LogP contribution in [-0.2, 0) is 16.6 Å². The molecule has 1 aromatic carbocycles. The van der Waals surface area contributed by atoms with Gasteiger partial charge in [-0.05, 0) is 50.5 Å². The van der Waals surface area contributed by atoms with Gasteiger partial charge in [-0.2, -0.15) is 4.98 Å². The first-order chi connectivity index (χ1) is 14.3. The molecule has 158 valence electrons. The Balaban J connectivity index is 1.56. The van der Waals surface area contributed by atoms with E-state index in [0.717, 1.165) is 12.8 Å². The third kappa shape index (κ3) is 4.14. The number of hydrogen-bond donors (Lipinski definition) is 1. The van der Waals surface area contributed by atoms with Crippen LogP contribution in [0.3, 0.4) is 0 Å². The molecule has 0 bridgehead atoms. The maximum Gasteiger partial charge on any atom is 0.316 e. The zero-order valence-corrected chi connectivity index (χ0v) is 17.5. The molecule has 1 amide bonds. The summed E-state index contributed by atoms with van der Waals surface area (Å²) in [6, 6.07) is 8.32. The fraction of sp³-hybridized carbons (Fsp3) is 0.350. The van der Waals surface area contributed by atoms with Gasteiger partial charge in [0.25, 0.3) is 0 Å². The summed E-state index contributed by atoms with van der Waals surface area (Å²) in [7, 11) is -3.80. The number of benzene rings is 1. The van der Waals surface area contributed by atoms with Gasteiger partial charge >= 0.3 is 11.8 Å². The molecule has 3 aromatic rings. The molecule has 0 atom stereocenters. The van der Waals surface area contributed by atoms with Crippen molar-refractivity contribution in [3.63, 3.8) is 0 Å². The Bertz CT molecular complexity index is 1180. The van der Waals surface area contributed by atoms with Crippen LogP contribution >= 0.6 is 0 Å². The average Bonchev–Trinajstić information content (AvgIpc) is 3.48. The first-order valence-corrected chi connectivity index (χ1v) is 11.1. The van der Waals surface area contributed by atoms with Crippen LogP contribution in [-0.4, -0.2) is 42.5 Å². The highest BCUT2D eigenvalue weighted by Crippen LogP contribution is 2.24. The molecule has 0 saturated carbocycles. The Kier molecular flexibility index (Phi) is 5.44. The van der Waals surface area contributed by atoms with Gasteiger partial charge < -0.3 is 13.8 Å². The summed E-state index contributed by atoms with van der Waals surface area (Å²) in [5.74, 6) is 0.993. The number of aromatic nitrogens is 2. The van der Waals surface area contributed by atoms with Crippen molar-refractivity contribution in [3.8, 4) is 11.4 Å². The molecule has 1 fully saturated rings. The van der Waals surface area contributed by atoms with E-state index >= 15 is 0 Å². The lowest BCUT2D eigenvalue weighted by Gasteiger charge is -2.11. The van der Waals surface area contributed by atoms with Crippen molar-refractivity contribution in [1.82, 2.24) is 19.8 Å². The summed E-state index contributed by atoms with van der Waals surface area (Å²) >= 11 is 0. The van der Waals surface area contributed by atoms with E-state index in [2.05, 4.69) is 14.9 Å². The van der Waals surface area contributed by atoms with E-state index in [0.29, 0.717) is 35.7 Å². The normalized spacial score (nSPS) is 14.4. The Labute approximate surface area is 174 Å². The molecule has 1 saturated heterocycles. The number of amides is 1. The van der Waals surface area contributed by atoms with Gasteiger partial charge in [-0.3, -0.25) is 4.79 Å². The van der Waals surface area contributed by atoms with E-state index in [1.165, 1.54) is 6.07 Å². The number of aryl methyl sites for hydroxylation is 2. The number of furan rings is 1. The first-order valence-electron chi connectivity index (χ1n) is 9.62. The second kappa shape index (κ2) is 8.04. The van der Waals surface area contributed by atoms with Gasteiger partial charge in [-0.15, -0.1) is 0 Å². The zero-order valence-electron chi connectivity index (χ0n) is 16.7. The number of rotatable bonds is 6. The number of sulfonamides is 1. The molecule has 30 heavy (non-hydrogen) atoms. The van der Waals surface area contributed by atoms with E-state index in [1.54, 1.807) is 43.0 Å². The minimum absolute atomic E-state index is 0.0382. The highest BCUT2D eigenvalue weighted by molar-refractivity contribution is 7.89. The van der Waals surface area contributed by atoms with Crippen LogP contribution in [0.1, 0.15) is 40.6 Å². The molecule has 1 aliphatic rings. The zero-order chi connectivity index (χ0) is 21.3. The number of hydrogen-bond acceptors (Lipinski definition) is 7. The summed E-state index contributed by atoms with van der Waals surface area (Å²) < 4.78 is 38.7. The molecular weight excluding hydrogens is 408 g/mol. The fourth-order valence-electron chi connectivity index (χ4n) is 3.34. The second-order valence-electron chi connectivity index (χ2n) is 7.24. The molecule has 0 unspecified atom stereocenters. The van der Waals surface area contributed by atoms with Gasteiger partial charge in [0, 0.05) is 18.7 Å². The van der Waals surface area contributed by atoms with Crippen LogP contribution in [0.2, 0.25) is 0 Å². The lowest BCUT2D eigenvalue weighted by atomic mass is 10.1. The molecule has 0 radical (unpaired) electrons. The molecule has 0 spiro atoms. The van der Waals surface area contributed by atoms with Crippen molar-refractivity contribution in [2.24, 2.45) is 0 Å². The van der Waals surface area contributed by atoms with E-state index in [4.69, 9.17) is 8.94 Å². The summed E-state index contributed by atoms with van der Waals surface area (Å²) in [6.07, 6.45) is 1.91. The van der Waals surface area contributed by atoms with Crippen LogP contribution in [0.25, 0.3) is 11.4 Å². The highest BCUT2D eigenvalue weighted by Gasteiger charge is 2.26. The predicted molar refractivity (Wildman–Crippen MR) is 107 cm³/mol. The molecular formula is C20H22N4O5S. The van der Waals surface area contributed by atoms with Crippen molar-refractivity contribution < 1.29 is 22.2 Å². The van der Waals surface area contributed by atoms with Gasteiger partial charge in [0.15, 0.2) is 0 Å². The van der Waals surface area contributed by atoms with Crippen molar-refractivity contribution in [3.05, 3.63) is 53.3 Å². The van der Waals surface area contributed by atoms with E-state index < -0.39 is 10.0 Å². The van der Waals surface area contributed by atoms with Gasteiger partial charge in [0.1, 0.15) is 11.5 Å². The van der Waals surface area contributed by atoms with E-state index in [1.807, 2.05) is 0 Å². The molecule has 9 nitrogen and oxygen atoms in total. The van der Waals surface area contributed by atoms with E-state index in [-0.39, 0.29) is 29.1 Å². The number of nitrogens with zero attached hydrogens (tertiary/aromatic N) is 3. The fourth-order valence-corrected chi connectivity index (χ4v) is 4.60. The minimum Gasteiger partial charge on any atom is -0.465 e. The Morgan fingerprint density at radius 3 is 2.63 bits per heavy atom. The van der Waals surface area contributed by atoms with Gasteiger partial charge in [0.2, 0.25) is 15.8 Å². The Hall–Kier alpha value is -2.98. The first kappa shape index (κ1) is 20.3. The standard InChI is InChI=1S/C20H22N4O5S/c1-13-5-7-15(18-22-19(29-23-18)20(25)24-9-3-4-10-24)11-17(13)30(26,27)21-12-16-8-6-14(2)28-16/h5-8,11,21H,3-4,9-10,12H2,1-2H3. The molecule has 3 heterocycles. The monoisotopic (exact) mass is 430 g/mol. The minimum atomic E-state index is -3.80. The van der Waals surface area contributed by atoms with Crippen molar-refractivity contribution in [2.45, 2.75) is 38.1 Å². The smallest absolute Gasteiger partial charge is 0.316 e. The summed E-state index contributed by atoms with van der Waals surface area (Å²) in [5, 5.41) is 3.86. The summed E-state index contributed by atoms with van der Waals surface area (Å²) in [5.41, 5.74) is 1.01. The number of carbonyl (C=O) groups excluding carboxylic acids is 1. The molecule has 1 N–H and O–H groups in total. The SMILES string of the molecule is Cc1ccc(CNS(=O)(=O)c2cc(-c3noc(C(=O)N4CCCC4)n3)ccc2C)o1. The number of likely N-dealkylation sites (tertiary alicyclic amines) is 1. The lowest BCUT2D eigenvalue weighted by molar-refractivity contribution is 0.0743. The molecule has 4 rings (SSSR count). The van der Waals surface area contributed by atoms with Crippen LogP contribution in [0.15, 0.2) is 44.2 Å². The van der Waals surface area contributed by atoms with Gasteiger partial charge in [-0.25, -0.2) is 13.1 Å². The van der Waals surface area contributed by atoms with Crippen LogP contribution in [0.5, 0.6) is 0 Å². The summed E-state index contributed by atoms with van der Waals surface area (Å²) in [6.45, 7) is 4.87. The largest absolute Gasteiger partial charge is 0.465 e. The van der Waals surface area contributed by atoms with Gasteiger partial charge in [0.05, 0.1) is 11.4 Å². The van der Waals surface area contributed by atoms with Gasteiger partial charge in [-0.1, -0.05) is 17.3 Å². The number of nitrogens with one attached hydrogen (secondary N) is 1. The van der Waals surface area contributed by atoms with Crippen LogP contribution in [0.4, 0.5) is 0 Å². The molecule has 10 heteroatoms. The van der Waals surface area contributed by atoms with Crippen LogP contribution in [0, 0.1) is 13.8 Å². The third-order valence-electron chi connectivity index (χ3n) is 4.97. The molecule has 1 aliphatic heterocycles. The second-order valence-corrected chi connectivity index (χ2v) is 8.98. The molecule has 2 aromatic heterocycles. The average molecular weight is 430 g/mol.